The van der Waals surface area contributed by atoms with Crippen molar-refractivity contribution in [3.8, 4) is 11.5 Å². The molecule has 4 aromatic rings. The molecule has 0 saturated carbocycles. The van der Waals surface area contributed by atoms with E-state index in [-0.39, 0.29) is 5.97 Å². The van der Waals surface area contributed by atoms with E-state index < -0.39 is 0 Å². The fraction of sp³-hybridized carbons (Fsp3) is 0.136. The van der Waals surface area contributed by atoms with E-state index in [1.54, 1.807) is 6.07 Å². The summed E-state index contributed by atoms with van der Waals surface area (Å²) in [4.78, 5) is 12.1. The monoisotopic (exact) mass is 424 g/mol. The number of ether oxygens (including phenoxy) is 2. The molecule has 0 saturated heterocycles. The number of rotatable bonds is 6. The van der Waals surface area contributed by atoms with E-state index in [1.165, 1.54) is 0 Å². The summed E-state index contributed by atoms with van der Waals surface area (Å²) in [5.74, 6) is 1.03. The van der Waals surface area contributed by atoms with Gasteiger partial charge in [0.15, 0.2) is 0 Å². The second kappa shape index (κ2) is 7.84. The Morgan fingerprint density at radius 1 is 0.889 bits per heavy atom. The zero-order valence-corrected chi connectivity index (χ0v) is 16.1. The van der Waals surface area contributed by atoms with Gasteiger partial charge in [0.25, 0.3) is 0 Å². The minimum Gasteiger partial charge on any atom is -0.494 e. The van der Waals surface area contributed by atoms with Crippen LogP contribution in [0.25, 0.3) is 21.9 Å². The number of esters is 1. The van der Waals surface area contributed by atoms with Crippen molar-refractivity contribution in [1.82, 2.24) is 0 Å². The summed E-state index contributed by atoms with van der Waals surface area (Å²) in [6.45, 7) is 0.460. The van der Waals surface area contributed by atoms with Crippen molar-refractivity contribution in [3.63, 3.8) is 0 Å². The molecular formula is C22H17BrO4. The van der Waals surface area contributed by atoms with Gasteiger partial charge in [0.05, 0.1) is 6.61 Å². The third-order valence-corrected chi connectivity index (χ3v) is 4.72. The Morgan fingerprint density at radius 3 is 2.48 bits per heavy atom. The molecular weight excluding hydrogens is 408 g/mol. The summed E-state index contributed by atoms with van der Waals surface area (Å²) in [6, 6.07) is 20.8. The normalized spacial score (nSPS) is 11.0. The fourth-order valence-electron chi connectivity index (χ4n) is 2.89. The molecule has 0 fully saturated rings. The lowest BCUT2D eigenvalue weighted by Crippen LogP contribution is -2.09. The third-order valence-electron chi connectivity index (χ3n) is 4.19. The Balaban J connectivity index is 1.33. The molecule has 1 aromatic heterocycles. The highest BCUT2D eigenvalue weighted by Gasteiger charge is 2.10. The SMILES string of the molecule is O=C(CCCOc1ccc(Br)cc1)Oc1ccc2oc3ccccc3c2c1. The van der Waals surface area contributed by atoms with Gasteiger partial charge in [-0.25, -0.2) is 0 Å². The van der Waals surface area contributed by atoms with Crippen molar-refractivity contribution in [2.24, 2.45) is 0 Å². The molecule has 136 valence electrons. The first-order chi connectivity index (χ1) is 13.2. The fourth-order valence-corrected chi connectivity index (χ4v) is 3.15. The summed E-state index contributed by atoms with van der Waals surface area (Å²) < 4.78 is 17.9. The van der Waals surface area contributed by atoms with Crippen molar-refractivity contribution >= 4 is 43.8 Å². The van der Waals surface area contributed by atoms with Crippen LogP contribution in [-0.4, -0.2) is 12.6 Å². The third kappa shape index (κ3) is 4.14. The van der Waals surface area contributed by atoms with E-state index in [2.05, 4.69) is 15.9 Å². The quantitative estimate of drug-likeness (QED) is 0.212. The van der Waals surface area contributed by atoms with Crippen molar-refractivity contribution in [3.05, 3.63) is 71.2 Å². The summed E-state index contributed by atoms with van der Waals surface area (Å²) in [5.41, 5.74) is 1.60. The molecule has 0 aliphatic rings. The number of fused-ring (bicyclic) bond motifs is 3. The lowest BCUT2D eigenvalue weighted by atomic mass is 10.1. The molecule has 0 amide bonds. The van der Waals surface area contributed by atoms with Crippen LogP contribution in [-0.2, 0) is 4.79 Å². The maximum Gasteiger partial charge on any atom is 0.311 e. The van der Waals surface area contributed by atoms with Gasteiger partial charge < -0.3 is 13.9 Å². The Morgan fingerprint density at radius 2 is 1.63 bits per heavy atom. The molecule has 0 atom stereocenters. The Bertz CT molecular complexity index is 1080. The number of carbonyl (C=O) groups excluding carboxylic acids is 1. The predicted octanol–water partition coefficient (Wildman–Crippen LogP) is 6.11. The number of halogens is 1. The van der Waals surface area contributed by atoms with Gasteiger partial charge in [0.1, 0.15) is 22.7 Å². The lowest BCUT2D eigenvalue weighted by molar-refractivity contribution is -0.134. The van der Waals surface area contributed by atoms with Crippen molar-refractivity contribution in [1.29, 1.82) is 0 Å². The van der Waals surface area contributed by atoms with Crippen LogP contribution < -0.4 is 9.47 Å². The number of hydrogen-bond donors (Lipinski definition) is 0. The highest BCUT2D eigenvalue weighted by molar-refractivity contribution is 9.10. The van der Waals surface area contributed by atoms with Crippen LogP contribution in [0.3, 0.4) is 0 Å². The van der Waals surface area contributed by atoms with E-state index in [0.717, 1.165) is 32.2 Å². The smallest absolute Gasteiger partial charge is 0.311 e. The number of benzene rings is 3. The highest BCUT2D eigenvalue weighted by atomic mass is 79.9. The summed E-state index contributed by atoms with van der Waals surface area (Å²) >= 11 is 3.38. The predicted molar refractivity (Wildman–Crippen MR) is 108 cm³/mol. The van der Waals surface area contributed by atoms with Crippen LogP contribution in [0, 0.1) is 0 Å². The first-order valence-corrected chi connectivity index (χ1v) is 9.49. The summed E-state index contributed by atoms with van der Waals surface area (Å²) in [6.07, 6.45) is 0.881. The molecule has 0 spiro atoms. The molecule has 0 bridgehead atoms. The molecule has 1 heterocycles. The first kappa shape index (κ1) is 17.6. The Labute approximate surface area is 164 Å². The zero-order valence-electron chi connectivity index (χ0n) is 14.5. The van der Waals surface area contributed by atoms with Crippen LogP contribution in [0.15, 0.2) is 75.6 Å². The van der Waals surface area contributed by atoms with Crippen molar-refractivity contribution < 1.29 is 18.7 Å². The number of para-hydroxylation sites is 1. The van der Waals surface area contributed by atoms with Crippen LogP contribution in [0.2, 0.25) is 0 Å². The standard InChI is InChI=1S/C22H17BrO4/c23-15-7-9-16(10-8-15)25-13-3-6-22(24)26-17-11-12-21-19(14-17)18-4-1-2-5-20(18)27-21/h1-2,4-5,7-12,14H,3,6,13H2. The van der Waals surface area contributed by atoms with Crippen molar-refractivity contribution in [2.45, 2.75) is 12.8 Å². The minimum absolute atomic E-state index is 0.276. The largest absolute Gasteiger partial charge is 0.494 e. The molecule has 0 aliphatic carbocycles. The molecule has 5 heteroatoms. The first-order valence-electron chi connectivity index (χ1n) is 8.69. The molecule has 3 aromatic carbocycles. The van der Waals surface area contributed by atoms with Crippen molar-refractivity contribution in [2.75, 3.05) is 6.61 Å². The lowest BCUT2D eigenvalue weighted by Gasteiger charge is -2.07. The second-order valence-electron chi connectivity index (χ2n) is 6.14. The van der Waals surface area contributed by atoms with E-state index in [1.807, 2.05) is 60.7 Å². The van der Waals surface area contributed by atoms with Gasteiger partial charge in [0, 0.05) is 21.7 Å². The van der Waals surface area contributed by atoms with Crippen LogP contribution in [0.5, 0.6) is 11.5 Å². The van der Waals surface area contributed by atoms with Gasteiger partial charge in [-0.3, -0.25) is 4.79 Å². The van der Waals surface area contributed by atoms with E-state index >= 15 is 0 Å². The Kier molecular flexibility index (Phi) is 5.12. The topological polar surface area (TPSA) is 48.7 Å². The van der Waals surface area contributed by atoms with Crippen LogP contribution in [0.4, 0.5) is 0 Å². The van der Waals surface area contributed by atoms with Crippen LogP contribution >= 0.6 is 15.9 Å². The molecule has 4 nitrogen and oxygen atoms in total. The molecule has 4 rings (SSSR count). The second-order valence-corrected chi connectivity index (χ2v) is 7.05. The van der Waals surface area contributed by atoms with E-state index in [4.69, 9.17) is 13.9 Å². The number of hydrogen-bond acceptors (Lipinski definition) is 4. The van der Waals surface area contributed by atoms with E-state index in [0.29, 0.717) is 25.2 Å². The van der Waals surface area contributed by atoms with Gasteiger partial charge in [-0.15, -0.1) is 0 Å². The highest BCUT2D eigenvalue weighted by Crippen LogP contribution is 2.31. The molecule has 0 N–H and O–H groups in total. The number of carbonyl (C=O) groups is 1. The van der Waals surface area contributed by atoms with Gasteiger partial charge in [-0.05, 0) is 55.0 Å². The molecule has 0 radical (unpaired) electrons. The zero-order chi connectivity index (χ0) is 18.6. The molecule has 27 heavy (non-hydrogen) atoms. The Hall–Kier alpha value is -2.79. The van der Waals surface area contributed by atoms with Gasteiger partial charge in [0.2, 0.25) is 0 Å². The average molecular weight is 425 g/mol. The maximum absolute atomic E-state index is 12.1. The molecule has 0 aliphatic heterocycles. The average Bonchev–Trinajstić information content (AvgIpc) is 3.05. The van der Waals surface area contributed by atoms with Crippen LogP contribution in [0.1, 0.15) is 12.8 Å². The van der Waals surface area contributed by atoms with Gasteiger partial charge >= 0.3 is 5.97 Å². The van der Waals surface area contributed by atoms with Gasteiger partial charge in [-0.2, -0.15) is 0 Å². The summed E-state index contributed by atoms with van der Waals surface area (Å²) in [5, 5.41) is 1.95. The maximum atomic E-state index is 12.1. The minimum atomic E-state index is -0.276. The van der Waals surface area contributed by atoms with E-state index in [9.17, 15) is 4.79 Å². The van der Waals surface area contributed by atoms with Gasteiger partial charge in [-0.1, -0.05) is 34.1 Å². The molecule has 0 unspecified atom stereocenters. The number of furan rings is 1. The summed E-state index contributed by atoms with van der Waals surface area (Å²) in [7, 11) is 0.